The van der Waals surface area contributed by atoms with Gasteiger partial charge in [0.2, 0.25) is 5.91 Å². The summed E-state index contributed by atoms with van der Waals surface area (Å²) in [5.41, 5.74) is 0.573. The number of hydrogen-bond donors (Lipinski definition) is 1. The molecule has 3 aromatic rings. The lowest BCUT2D eigenvalue weighted by atomic mass is 10.2. The lowest BCUT2D eigenvalue weighted by Crippen LogP contribution is -2.13. The zero-order chi connectivity index (χ0) is 17.8. The molecular formula is C18H13F3N2O2. The lowest BCUT2D eigenvalue weighted by molar-refractivity contribution is -0.116. The molecule has 0 radical (unpaired) electrons. The topological polar surface area (TPSA) is 55.1 Å². The van der Waals surface area contributed by atoms with Crippen LogP contribution in [-0.4, -0.2) is 10.9 Å². The third-order valence-electron chi connectivity index (χ3n) is 3.45. The Morgan fingerprint density at radius 1 is 1.04 bits per heavy atom. The van der Waals surface area contributed by atoms with Crippen molar-refractivity contribution in [2.75, 3.05) is 5.32 Å². The molecule has 2 aromatic carbocycles. The van der Waals surface area contributed by atoms with Gasteiger partial charge in [0.25, 0.3) is 0 Å². The summed E-state index contributed by atoms with van der Waals surface area (Å²) in [6.07, 6.45) is 1.70. The Kier molecular flexibility index (Phi) is 4.83. The minimum atomic E-state index is -0.844. The van der Waals surface area contributed by atoms with Crippen LogP contribution in [-0.2, 0) is 11.2 Å². The van der Waals surface area contributed by atoms with Crippen molar-refractivity contribution in [1.82, 2.24) is 4.98 Å². The number of oxazole rings is 1. The first-order valence-corrected chi connectivity index (χ1v) is 7.47. The first kappa shape index (κ1) is 16.8. The van der Waals surface area contributed by atoms with Gasteiger partial charge < -0.3 is 9.73 Å². The third-order valence-corrected chi connectivity index (χ3v) is 3.45. The van der Waals surface area contributed by atoms with Crippen LogP contribution in [0.3, 0.4) is 0 Å². The van der Waals surface area contributed by atoms with Crippen LogP contribution >= 0.6 is 0 Å². The SMILES string of the molecule is O=C(CCc1ncc(-c2ccc(F)cc2)o1)Nc1ccc(F)cc1F. The first-order chi connectivity index (χ1) is 12.0. The van der Waals surface area contributed by atoms with Crippen LogP contribution in [0.25, 0.3) is 11.3 Å². The van der Waals surface area contributed by atoms with Crippen molar-refractivity contribution in [3.8, 4) is 11.3 Å². The highest BCUT2D eigenvalue weighted by Crippen LogP contribution is 2.21. The molecule has 1 amide bonds. The molecule has 0 aliphatic rings. The van der Waals surface area contributed by atoms with Crippen LogP contribution in [0.4, 0.5) is 18.9 Å². The second kappa shape index (κ2) is 7.21. The Hall–Kier alpha value is -3.09. The number of rotatable bonds is 5. The summed E-state index contributed by atoms with van der Waals surface area (Å²) in [6.45, 7) is 0. The molecule has 0 atom stereocenters. The first-order valence-electron chi connectivity index (χ1n) is 7.47. The fraction of sp³-hybridized carbons (Fsp3) is 0.111. The van der Waals surface area contributed by atoms with Gasteiger partial charge in [-0.1, -0.05) is 0 Å². The molecule has 0 saturated heterocycles. The fourth-order valence-corrected chi connectivity index (χ4v) is 2.20. The summed E-state index contributed by atoms with van der Waals surface area (Å²) in [7, 11) is 0. The molecule has 0 spiro atoms. The number of amides is 1. The van der Waals surface area contributed by atoms with E-state index in [2.05, 4.69) is 10.3 Å². The van der Waals surface area contributed by atoms with Gasteiger partial charge in [-0.15, -0.1) is 0 Å². The molecule has 25 heavy (non-hydrogen) atoms. The number of benzene rings is 2. The van der Waals surface area contributed by atoms with Crippen LogP contribution in [0.1, 0.15) is 12.3 Å². The molecule has 0 bridgehead atoms. The van der Waals surface area contributed by atoms with E-state index in [1.54, 1.807) is 12.1 Å². The summed E-state index contributed by atoms with van der Waals surface area (Å²) < 4.78 is 44.7. The van der Waals surface area contributed by atoms with Crippen LogP contribution < -0.4 is 5.32 Å². The van der Waals surface area contributed by atoms with Crippen molar-refractivity contribution in [2.45, 2.75) is 12.8 Å². The number of carbonyl (C=O) groups excluding carboxylic acids is 1. The normalized spacial score (nSPS) is 10.7. The van der Waals surface area contributed by atoms with Crippen LogP contribution in [0.2, 0.25) is 0 Å². The van der Waals surface area contributed by atoms with E-state index in [4.69, 9.17) is 4.42 Å². The molecule has 4 nitrogen and oxygen atoms in total. The Bertz CT molecular complexity index is 892. The minimum absolute atomic E-state index is 0.0141. The standard InChI is InChI=1S/C18H13F3N2O2/c19-12-3-1-11(2-4-12)16-10-22-18(25-16)8-7-17(24)23-15-6-5-13(20)9-14(15)21/h1-6,9-10H,7-8H2,(H,23,24). The van der Waals surface area contributed by atoms with Crippen LogP contribution in [0, 0.1) is 17.5 Å². The minimum Gasteiger partial charge on any atom is -0.441 e. The number of nitrogens with one attached hydrogen (secondary N) is 1. The predicted octanol–water partition coefficient (Wildman–Crippen LogP) is 4.33. The van der Waals surface area contributed by atoms with Crippen molar-refractivity contribution in [2.24, 2.45) is 0 Å². The van der Waals surface area contributed by atoms with Gasteiger partial charge in [-0.3, -0.25) is 4.79 Å². The van der Waals surface area contributed by atoms with E-state index >= 15 is 0 Å². The number of carbonyl (C=O) groups is 1. The van der Waals surface area contributed by atoms with Crippen LogP contribution in [0.5, 0.6) is 0 Å². The van der Waals surface area contributed by atoms with Gasteiger partial charge in [0.05, 0.1) is 11.9 Å². The smallest absolute Gasteiger partial charge is 0.224 e. The number of halogens is 3. The van der Waals surface area contributed by atoms with E-state index in [1.165, 1.54) is 18.3 Å². The van der Waals surface area contributed by atoms with Crippen molar-refractivity contribution in [1.29, 1.82) is 0 Å². The predicted molar refractivity (Wildman–Crippen MR) is 85.2 cm³/mol. The number of hydrogen-bond acceptors (Lipinski definition) is 3. The highest BCUT2D eigenvalue weighted by Gasteiger charge is 2.11. The van der Waals surface area contributed by atoms with Gasteiger partial charge in [0.15, 0.2) is 11.7 Å². The second-order valence-electron chi connectivity index (χ2n) is 5.30. The highest BCUT2D eigenvalue weighted by molar-refractivity contribution is 5.90. The molecule has 0 aliphatic carbocycles. The zero-order valence-electron chi connectivity index (χ0n) is 12.9. The van der Waals surface area contributed by atoms with Crippen molar-refractivity contribution in [3.63, 3.8) is 0 Å². The largest absolute Gasteiger partial charge is 0.441 e. The number of anilines is 1. The van der Waals surface area contributed by atoms with Gasteiger partial charge >= 0.3 is 0 Å². The maximum atomic E-state index is 13.5. The molecule has 0 unspecified atom stereocenters. The molecule has 1 heterocycles. The summed E-state index contributed by atoms with van der Waals surface area (Å²) in [4.78, 5) is 15.9. The Morgan fingerprint density at radius 3 is 2.48 bits per heavy atom. The van der Waals surface area contributed by atoms with Crippen molar-refractivity contribution >= 4 is 11.6 Å². The molecule has 0 fully saturated rings. The molecular weight excluding hydrogens is 333 g/mol. The van der Waals surface area contributed by atoms with Crippen molar-refractivity contribution < 1.29 is 22.4 Å². The Balaban J connectivity index is 1.58. The summed E-state index contributed by atoms with van der Waals surface area (Å²) in [5, 5.41) is 2.36. The monoisotopic (exact) mass is 346 g/mol. The highest BCUT2D eigenvalue weighted by atomic mass is 19.1. The Morgan fingerprint density at radius 2 is 1.76 bits per heavy atom. The number of aromatic nitrogens is 1. The maximum Gasteiger partial charge on any atom is 0.224 e. The zero-order valence-corrected chi connectivity index (χ0v) is 12.9. The van der Waals surface area contributed by atoms with Gasteiger partial charge in [-0.25, -0.2) is 18.2 Å². The second-order valence-corrected chi connectivity index (χ2v) is 5.30. The van der Waals surface area contributed by atoms with Gasteiger partial charge in [0.1, 0.15) is 17.5 Å². The number of nitrogens with zero attached hydrogens (tertiary/aromatic N) is 1. The Labute approximate surface area is 141 Å². The molecule has 1 aromatic heterocycles. The quantitative estimate of drug-likeness (QED) is 0.748. The molecule has 0 saturated carbocycles. The molecule has 128 valence electrons. The van der Waals surface area contributed by atoms with Crippen LogP contribution in [0.15, 0.2) is 53.1 Å². The van der Waals surface area contributed by atoms with Gasteiger partial charge in [-0.05, 0) is 36.4 Å². The average molecular weight is 346 g/mol. The average Bonchev–Trinajstić information content (AvgIpc) is 3.05. The summed E-state index contributed by atoms with van der Waals surface area (Å²) >= 11 is 0. The van der Waals surface area contributed by atoms with E-state index in [0.29, 0.717) is 23.3 Å². The van der Waals surface area contributed by atoms with Gasteiger partial charge in [0, 0.05) is 24.5 Å². The lowest BCUT2D eigenvalue weighted by Gasteiger charge is -2.05. The molecule has 1 N–H and O–H groups in total. The molecule has 7 heteroatoms. The summed E-state index contributed by atoms with van der Waals surface area (Å²) in [6, 6.07) is 8.64. The molecule has 3 rings (SSSR count). The van der Waals surface area contributed by atoms with Crippen molar-refractivity contribution in [3.05, 3.63) is 72.0 Å². The van der Waals surface area contributed by atoms with E-state index < -0.39 is 17.5 Å². The van der Waals surface area contributed by atoms with E-state index in [9.17, 15) is 18.0 Å². The fourth-order valence-electron chi connectivity index (χ4n) is 2.20. The van der Waals surface area contributed by atoms with E-state index in [1.807, 2.05) is 0 Å². The maximum absolute atomic E-state index is 13.5. The number of aryl methyl sites for hydroxylation is 1. The summed E-state index contributed by atoms with van der Waals surface area (Å²) in [5.74, 6) is -1.58. The molecule has 0 aliphatic heterocycles. The third kappa shape index (κ3) is 4.26. The van der Waals surface area contributed by atoms with E-state index in [-0.39, 0.29) is 24.3 Å². The van der Waals surface area contributed by atoms with Gasteiger partial charge in [-0.2, -0.15) is 0 Å². The van der Waals surface area contributed by atoms with E-state index in [0.717, 1.165) is 12.1 Å².